The average Bonchev–Trinajstić information content (AvgIpc) is 3.29. The molecule has 2 aromatic carbocycles. The second kappa shape index (κ2) is 7.66. The van der Waals surface area contributed by atoms with E-state index in [9.17, 15) is 17.9 Å². The highest BCUT2D eigenvalue weighted by Crippen LogP contribution is 2.33. The van der Waals surface area contributed by atoms with Gasteiger partial charge in [0, 0.05) is 24.9 Å². The molecule has 0 unspecified atom stereocenters. The third-order valence-corrected chi connectivity index (χ3v) is 6.08. The Morgan fingerprint density at radius 2 is 1.86 bits per heavy atom. The number of aliphatic hydroxyl groups is 1. The maximum atomic E-state index is 13.1. The van der Waals surface area contributed by atoms with Crippen molar-refractivity contribution in [2.45, 2.75) is 30.0 Å². The summed E-state index contributed by atoms with van der Waals surface area (Å²) in [4.78, 5) is 6.71. The van der Waals surface area contributed by atoms with Crippen LogP contribution in [0.1, 0.15) is 23.9 Å². The van der Waals surface area contributed by atoms with E-state index in [4.69, 9.17) is 4.52 Å². The lowest BCUT2D eigenvalue weighted by atomic mass is 10.1. The highest BCUT2D eigenvalue weighted by molar-refractivity contribution is 7.90. The summed E-state index contributed by atoms with van der Waals surface area (Å²) in [6.45, 7) is 0.937. The number of hydrogen-bond donors (Lipinski definition) is 1. The summed E-state index contributed by atoms with van der Waals surface area (Å²) in [6, 6.07) is 12.2. The summed E-state index contributed by atoms with van der Waals surface area (Å²) in [6.07, 6.45) is 1.09. The zero-order chi connectivity index (χ0) is 20.6. The first-order valence-corrected chi connectivity index (χ1v) is 11.0. The summed E-state index contributed by atoms with van der Waals surface area (Å²) >= 11 is 0. The summed E-state index contributed by atoms with van der Waals surface area (Å²) in [5.41, 5.74) is 1.55. The third-order valence-electron chi connectivity index (χ3n) is 4.95. The van der Waals surface area contributed by atoms with Crippen LogP contribution in [0.4, 0.5) is 4.39 Å². The Bertz CT molecular complexity index is 1100. The van der Waals surface area contributed by atoms with E-state index in [0.29, 0.717) is 36.8 Å². The molecule has 1 N–H and O–H groups in total. The van der Waals surface area contributed by atoms with E-state index < -0.39 is 15.9 Å². The fourth-order valence-corrected chi connectivity index (χ4v) is 4.10. The Labute approximate surface area is 167 Å². The molecule has 0 bridgehead atoms. The molecule has 29 heavy (non-hydrogen) atoms. The van der Waals surface area contributed by atoms with Crippen molar-refractivity contribution in [1.82, 2.24) is 15.0 Å². The molecular weight excluding hydrogens is 397 g/mol. The van der Waals surface area contributed by atoms with E-state index in [1.54, 1.807) is 36.4 Å². The molecule has 2 heterocycles. The molecule has 2 atom stereocenters. The molecular formula is C20H20FN3O4S. The van der Waals surface area contributed by atoms with Crippen LogP contribution >= 0.6 is 0 Å². The minimum Gasteiger partial charge on any atom is -0.392 e. The molecule has 1 aliphatic rings. The number of aliphatic hydroxyl groups excluding tert-OH is 1. The molecule has 1 aromatic heterocycles. The maximum absolute atomic E-state index is 13.1. The van der Waals surface area contributed by atoms with Crippen LogP contribution in [0.25, 0.3) is 11.4 Å². The maximum Gasteiger partial charge on any atom is 0.244 e. The van der Waals surface area contributed by atoms with Gasteiger partial charge in [0.2, 0.25) is 11.7 Å². The fourth-order valence-electron chi connectivity index (χ4n) is 3.47. The molecule has 3 aromatic rings. The predicted molar refractivity (Wildman–Crippen MR) is 103 cm³/mol. The van der Waals surface area contributed by atoms with Gasteiger partial charge in [0.25, 0.3) is 0 Å². The topological polar surface area (TPSA) is 96.5 Å². The van der Waals surface area contributed by atoms with E-state index in [1.165, 1.54) is 18.4 Å². The Hall–Kier alpha value is -2.62. The van der Waals surface area contributed by atoms with Crippen molar-refractivity contribution in [2.24, 2.45) is 0 Å². The SMILES string of the molecule is CS(=O)(=O)c1ccc(CN2C[C@H](O)C[C@H]2c2nc(-c3ccc(F)cc3)no2)cc1. The van der Waals surface area contributed by atoms with Crippen LogP contribution in [0.5, 0.6) is 0 Å². The molecule has 0 spiro atoms. The highest BCUT2D eigenvalue weighted by Gasteiger charge is 2.36. The van der Waals surface area contributed by atoms with Crippen molar-refractivity contribution in [3.8, 4) is 11.4 Å². The van der Waals surface area contributed by atoms with Crippen molar-refractivity contribution < 1.29 is 22.4 Å². The van der Waals surface area contributed by atoms with Crippen LogP contribution in [0.15, 0.2) is 57.9 Å². The number of halogens is 1. The Balaban J connectivity index is 1.53. The number of β-amino-alcohol motifs (C(OH)–C–C–N with tert-alkyl or cyclic N) is 1. The van der Waals surface area contributed by atoms with Crippen molar-refractivity contribution in [2.75, 3.05) is 12.8 Å². The van der Waals surface area contributed by atoms with Gasteiger partial charge in [0.15, 0.2) is 9.84 Å². The van der Waals surface area contributed by atoms with Crippen molar-refractivity contribution >= 4 is 9.84 Å². The molecule has 0 aliphatic carbocycles. The highest BCUT2D eigenvalue weighted by atomic mass is 32.2. The van der Waals surface area contributed by atoms with Gasteiger partial charge in [-0.1, -0.05) is 17.3 Å². The Morgan fingerprint density at radius 3 is 2.52 bits per heavy atom. The van der Waals surface area contributed by atoms with E-state index in [1.807, 2.05) is 4.90 Å². The average molecular weight is 417 g/mol. The number of aromatic nitrogens is 2. The Kier molecular flexibility index (Phi) is 5.20. The predicted octanol–water partition coefficient (Wildman–Crippen LogP) is 2.59. The van der Waals surface area contributed by atoms with Gasteiger partial charge in [-0.25, -0.2) is 12.8 Å². The molecule has 1 aliphatic heterocycles. The quantitative estimate of drug-likeness (QED) is 0.682. The molecule has 4 rings (SSSR count). The molecule has 7 nitrogen and oxygen atoms in total. The van der Waals surface area contributed by atoms with Gasteiger partial charge < -0.3 is 9.63 Å². The minimum absolute atomic E-state index is 0.263. The number of sulfone groups is 1. The van der Waals surface area contributed by atoms with Crippen molar-refractivity contribution in [3.63, 3.8) is 0 Å². The first kappa shape index (κ1) is 19.7. The van der Waals surface area contributed by atoms with Gasteiger partial charge in [0.05, 0.1) is 17.0 Å². The number of hydrogen-bond acceptors (Lipinski definition) is 7. The third kappa shape index (κ3) is 4.36. The fraction of sp³-hybridized carbons (Fsp3) is 0.300. The molecule has 9 heteroatoms. The number of likely N-dealkylation sites (tertiary alicyclic amines) is 1. The Morgan fingerprint density at radius 1 is 1.17 bits per heavy atom. The first-order valence-electron chi connectivity index (χ1n) is 9.10. The van der Waals surface area contributed by atoms with Gasteiger partial charge in [-0.05, 0) is 48.4 Å². The smallest absolute Gasteiger partial charge is 0.244 e. The van der Waals surface area contributed by atoms with Gasteiger partial charge in [-0.15, -0.1) is 0 Å². The first-order chi connectivity index (χ1) is 13.8. The van der Waals surface area contributed by atoms with Crippen LogP contribution in [0.2, 0.25) is 0 Å². The number of benzene rings is 2. The van der Waals surface area contributed by atoms with Crippen LogP contribution in [0, 0.1) is 5.82 Å². The summed E-state index contributed by atoms with van der Waals surface area (Å²) in [7, 11) is -3.25. The molecule has 1 saturated heterocycles. The van der Waals surface area contributed by atoms with Crippen molar-refractivity contribution in [1.29, 1.82) is 0 Å². The lowest BCUT2D eigenvalue weighted by Crippen LogP contribution is -2.24. The second-order valence-corrected chi connectivity index (χ2v) is 9.23. The zero-order valence-corrected chi connectivity index (χ0v) is 16.5. The molecule has 152 valence electrons. The van der Waals surface area contributed by atoms with Crippen LogP contribution < -0.4 is 0 Å². The van der Waals surface area contributed by atoms with Gasteiger partial charge in [-0.3, -0.25) is 4.90 Å². The lowest BCUT2D eigenvalue weighted by Gasteiger charge is -2.21. The molecule has 1 fully saturated rings. The van der Waals surface area contributed by atoms with E-state index >= 15 is 0 Å². The van der Waals surface area contributed by atoms with Gasteiger partial charge in [0.1, 0.15) is 5.82 Å². The summed E-state index contributed by atoms with van der Waals surface area (Å²) in [5, 5.41) is 14.1. The number of rotatable bonds is 5. The molecule has 0 saturated carbocycles. The minimum atomic E-state index is -3.25. The van der Waals surface area contributed by atoms with E-state index in [-0.39, 0.29) is 16.8 Å². The molecule has 0 amide bonds. The summed E-state index contributed by atoms with van der Waals surface area (Å²) in [5.74, 6) is 0.400. The summed E-state index contributed by atoms with van der Waals surface area (Å²) < 4.78 is 41.8. The van der Waals surface area contributed by atoms with Crippen LogP contribution in [-0.4, -0.2) is 47.5 Å². The standard InChI is InChI=1S/C20H20FN3O4S/c1-29(26,27)17-8-2-13(3-9-17)11-24-12-16(25)10-18(24)20-22-19(23-28-20)14-4-6-15(21)7-5-14/h2-9,16,18,25H,10-12H2,1H3/t16-,18+/m1/s1. The molecule has 0 radical (unpaired) electrons. The van der Waals surface area contributed by atoms with Crippen LogP contribution in [0.3, 0.4) is 0 Å². The van der Waals surface area contributed by atoms with E-state index in [0.717, 1.165) is 5.56 Å². The van der Waals surface area contributed by atoms with Gasteiger partial charge >= 0.3 is 0 Å². The zero-order valence-electron chi connectivity index (χ0n) is 15.7. The largest absolute Gasteiger partial charge is 0.392 e. The van der Waals surface area contributed by atoms with Crippen molar-refractivity contribution in [3.05, 3.63) is 65.8 Å². The lowest BCUT2D eigenvalue weighted by molar-refractivity contribution is 0.169. The van der Waals surface area contributed by atoms with Crippen LogP contribution in [-0.2, 0) is 16.4 Å². The second-order valence-electron chi connectivity index (χ2n) is 7.21. The number of nitrogens with zero attached hydrogens (tertiary/aromatic N) is 3. The van der Waals surface area contributed by atoms with E-state index in [2.05, 4.69) is 10.1 Å². The van der Waals surface area contributed by atoms with Gasteiger partial charge in [-0.2, -0.15) is 4.98 Å². The normalized spacial score (nSPS) is 20.2. The monoisotopic (exact) mass is 417 g/mol.